The van der Waals surface area contributed by atoms with E-state index in [0.717, 1.165) is 135 Å². The average molecular weight is 1080 g/mol. The monoisotopic (exact) mass is 1080 g/mol. The van der Waals surface area contributed by atoms with Gasteiger partial charge in [0.1, 0.15) is 13.2 Å². The molecule has 1 atom stereocenters. The van der Waals surface area contributed by atoms with E-state index in [-0.39, 0.29) is 32.0 Å². The van der Waals surface area contributed by atoms with Crippen molar-refractivity contribution in [2.75, 3.05) is 13.2 Å². The van der Waals surface area contributed by atoms with Gasteiger partial charge >= 0.3 is 17.9 Å². The summed E-state index contributed by atoms with van der Waals surface area (Å²) in [5, 5.41) is 0. The van der Waals surface area contributed by atoms with Crippen LogP contribution in [-0.2, 0) is 28.6 Å². The summed E-state index contributed by atoms with van der Waals surface area (Å²) in [5.41, 5.74) is 0. The van der Waals surface area contributed by atoms with E-state index in [1.807, 2.05) is 18.2 Å². The largest absolute Gasteiger partial charge is 0.462 e. The minimum atomic E-state index is -0.877. The number of carbonyl (C=O) groups excluding carboxylic acids is 3. The number of allylic oxidation sites excluding steroid dienone is 33. The highest BCUT2D eigenvalue weighted by Gasteiger charge is 2.19. The van der Waals surface area contributed by atoms with Crippen LogP contribution < -0.4 is 0 Å². The third-order valence-corrected chi connectivity index (χ3v) is 11.8. The van der Waals surface area contributed by atoms with Crippen LogP contribution >= 0.6 is 0 Å². The van der Waals surface area contributed by atoms with Crippen LogP contribution in [0, 0.1) is 0 Å². The number of hydrogen-bond donors (Lipinski definition) is 0. The first kappa shape index (κ1) is 73.0. The van der Waals surface area contributed by atoms with Crippen molar-refractivity contribution in [2.45, 2.75) is 219 Å². The predicted molar refractivity (Wildman–Crippen MR) is 343 cm³/mol. The second kappa shape index (κ2) is 64.5. The van der Waals surface area contributed by atoms with Crippen LogP contribution in [0.2, 0.25) is 0 Å². The molecule has 6 heteroatoms. The fraction of sp³-hybridized carbons (Fsp3) is 0.493. The van der Waals surface area contributed by atoms with Crippen molar-refractivity contribution in [3.05, 3.63) is 207 Å². The molecule has 0 rings (SSSR count). The molecule has 0 aliphatic carbocycles. The normalized spacial score (nSPS) is 13.6. The summed E-state index contributed by atoms with van der Waals surface area (Å²) in [6, 6.07) is 0. The van der Waals surface area contributed by atoms with Gasteiger partial charge in [-0.15, -0.1) is 0 Å². The second-order valence-electron chi connectivity index (χ2n) is 19.1. The Bertz CT molecular complexity index is 1960. The van der Waals surface area contributed by atoms with E-state index < -0.39 is 18.0 Å². The lowest BCUT2D eigenvalue weighted by Crippen LogP contribution is -2.30. The van der Waals surface area contributed by atoms with E-state index in [0.29, 0.717) is 19.3 Å². The Morgan fingerprint density at radius 3 is 0.848 bits per heavy atom. The van der Waals surface area contributed by atoms with E-state index in [4.69, 9.17) is 14.2 Å². The molecule has 79 heavy (non-hydrogen) atoms. The molecule has 0 aliphatic rings. The highest BCUT2D eigenvalue weighted by Crippen LogP contribution is 2.12. The molecular weight excluding hydrogens is 973 g/mol. The topological polar surface area (TPSA) is 78.9 Å². The Balaban J connectivity index is 4.41. The van der Waals surface area contributed by atoms with Crippen molar-refractivity contribution in [3.8, 4) is 0 Å². The van der Waals surface area contributed by atoms with Crippen LogP contribution in [0.15, 0.2) is 207 Å². The third kappa shape index (κ3) is 62.7. The van der Waals surface area contributed by atoms with Crippen LogP contribution in [0.4, 0.5) is 0 Å². The lowest BCUT2D eigenvalue weighted by molar-refractivity contribution is -0.166. The first-order valence-electron chi connectivity index (χ1n) is 30.6. The van der Waals surface area contributed by atoms with Crippen LogP contribution in [0.25, 0.3) is 0 Å². The molecule has 0 aromatic heterocycles. The van der Waals surface area contributed by atoms with Gasteiger partial charge in [-0.05, 0) is 135 Å². The number of rotatable bonds is 52. The van der Waals surface area contributed by atoms with Gasteiger partial charge in [0.25, 0.3) is 0 Å². The molecule has 6 nitrogen and oxygen atoms in total. The number of ether oxygens (including phenoxy) is 3. The van der Waals surface area contributed by atoms with Crippen molar-refractivity contribution in [2.24, 2.45) is 0 Å². The van der Waals surface area contributed by atoms with Crippen LogP contribution in [-0.4, -0.2) is 37.2 Å². The zero-order valence-corrected chi connectivity index (χ0v) is 49.8. The quantitative estimate of drug-likeness (QED) is 0.0261. The van der Waals surface area contributed by atoms with Crippen LogP contribution in [0.1, 0.15) is 213 Å². The summed E-state index contributed by atoms with van der Waals surface area (Å²) in [5.74, 6) is -1.19. The van der Waals surface area contributed by atoms with Crippen molar-refractivity contribution in [3.63, 3.8) is 0 Å². The summed E-state index contributed by atoms with van der Waals surface area (Å²) < 4.78 is 16.7. The summed E-state index contributed by atoms with van der Waals surface area (Å²) in [4.78, 5) is 38.1. The van der Waals surface area contributed by atoms with Gasteiger partial charge in [0.15, 0.2) is 6.10 Å². The molecule has 1 unspecified atom stereocenters. The predicted octanol–water partition coefficient (Wildman–Crippen LogP) is 21.2. The molecule has 0 aliphatic heterocycles. The molecule has 0 bridgehead atoms. The van der Waals surface area contributed by atoms with Gasteiger partial charge in [0, 0.05) is 12.8 Å². The standard InChI is InChI=1S/C73H108O6/c1-4-7-10-13-16-19-22-25-27-28-29-30-31-32-33-34-35-36-37-38-39-40-41-42-43-44-46-48-51-54-57-60-63-66-72(75)78-69-70(68-77-71(74)65-62-59-56-53-50-47-24-21-18-15-12-9-6-3)79-73(76)67-64-61-58-55-52-49-45-26-23-20-17-14-11-8-5-2/h7-12,16-21,25-27,29-30,32-33,35-36,38-39,41-42,45,47,50,52,55-56,59,61,64,70H,4-6,13-15,22-24,28,31,34,37,40,43-44,46,48-49,51,53-54,57-58,60,62-63,65-69H2,1-3H3/b10-7-,11-8-,12-9-,19-16-,20-17-,21-18-,27-25-,30-29-,33-32-,36-35-,39-38-,42-41-,45-26-,50-47-,55-52-,59-56-,64-61-. The van der Waals surface area contributed by atoms with Crippen molar-refractivity contribution >= 4 is 17.9 Å². The molecule has 0 saturated heterocycles. The SMILES string of the molecule is CC/C=C\C/C=C\C/C=C\C/C=C\C/C=C\C/C=C\C/C=C\C/C=C\CCCCCCCCCCC(=O)OCC(COC(=O)CC/C=C\C/C=C\C/C=C\C/C=C\CC)OC(=O)C/C=C\C/C=C\C/C=C\C/C=C\C/C=C\CC. The summed E-state index contributed by atoms with van der Waals surface area (Å²) in [6.07, 6.45) is 100. The smallest absolute Gasteiger partial charge is 0.310 e. The Morgan fingerprint density at radius 1 is 0.266 bits per heavy atom. The van der Waals surface area contributed by atoms with Crippen molar-refractivity contribution in [1.29, 1.82) is 0 Å². The molecule has 0 amide bonds. The molecule has 0 radical (unpaired) electrons. The molecular formula is C73H108O6. The summed E-state index contributed by atoms with van der Waals surface area (Å²) in [7, 11) is 0. The number of hydrogen-bond acceptors (Lipinski definition) is 6. The van der Waals surface area contributed by atoms with Crippen molar-refractivity contribution < 1.29 is 28.6 Å². The minimum Gasteiger partial charge on any atom is -0.462 e. The van der Waals surface area contributed by atoms with Gasteiger partial charge in [-0.3, -0.25) is 14.4 Å². The van der Waals surface area contributed by atoms with E-state index in [9.17, 15) is 14.4 Å². The summed E-state index contributed by atoms with van der Waals surface area (Å²) >= 11 is 0. The first-order valence-corrected chi connectivity index (χ1v) is 30.6. The molecule has 436 valence electrons. The average Bonchev–Trinajstić information content (AvgIpc) is 3.45. The third-order valence-electron chi connectivity index (χ3n) is 11.8. The Kier molecular flexibility index (Phi) is 59.6. The first-order chi connectivity index (χ1) is 39.0. The van der Waals surface area contributed by atoms with Crippen molar-refractivity contribution in [1.82, 2.24) is 0 Å². The van der Waals surface area contributed by atoms with Gasteiger partial charge in [0.2, 0.25) is 0 Å². The molecule has 0 aromatic rings. The maximum Gasteiger partial charge on any atom is 0.310 e. The second-order valence-corrected chi connectivity index (χ2v) is 19.1. The maximum absolute atomic E-state index is 12.8. The minimum absolute atomic E-state index is 0.0694. The Hall–Kier alpha value is -6.01. The molecule has 0 aromatic carbocycles. The summed E-state index contributed by atoms with van der Waals surface area (Å²) in [6.45, 7) is 6.11. The van der Waals surface area contributed by atoms with Crippen LogP contribution in [0.3, 0.4) is 0 Å². The van der Waals surface area contributed by atoms with E-state index in [1.165, 1.54) is 25.7 Å². The highest BCUT2D eigenvalue weighted by molar-refractivity contribution is 5.72. The van der Waals surface area contributed by atoms with Gasteiger partial charge in [-0.1, -0.05) is 266 Å². The van der Waals surface area contributed by atoms with Gasteiger partial charge in [-0.2, -0.15) is 0 Å². The fourth-order valence-electron chi connectivity index (χ4n) is 7.37. The van der Waals surface area contributed by atoms with Gasteiger partial charge < -0.3 is 14.2 Å². The van der Waals surface area contributed by atoms with Crippen LogP contribution in [0.5, 0.6) is 0 Å². The molecule has 0 saturated carbocycles. The lowest BCUT2D eigenvalue weighted by atomic mass is 10.1. The number of carbonyl (C=O) groups is 3. The van der Waals surface area contributed by atoms with Gasteiger partial charge in [0.05, 0.1) is 6.42 Å². The molecule has 0 spiro atoms. The number of esters is 3. The Morgan fingerprint density at radius 2 is 0.519 bits per heavy atom. The van der Waals surface area contributed by atoms with Gasteiger partial charge in [-0.25, -0.2) is 0 Å². The zero-order valence-electron chi connectivity index (χ0n) is 49.8. The van der Waals surface area contributed by atoms with E-state index in [2.05, 4.69) is 203 Å². The zero-order chi connectivity index (χ0) is 57.1. The molecule has 0 fully saturated rings. The maximum atomic E-state index is 12.8. The number of unbranched alkanes of at least 4 members (excludes halogenated alkanes) is 8. The fourth-order valence-corrected chi connectivity index (χ4v) is 7.37. The van der Waals surface area contributed by atoms with E-state index in [1.54, 1.807) is 6.08 Å². The molecule has 0 heterocycles. The highest BCUT2D eigenvalue weighted by atomic mass is 16.6. The Labute approximate surface area is 483 Å². The molecule has 0 N–H and O–H groups in total. The van der Waals surface area contributed by atoms with E-state index >= 15 is 0 Å². The lowest BCUT2D eigenvalue weighted by Gasteiger charge is -2.18.